The highest BCUT2D eigenvalue weighted by molar-refractivity contribution is 5.80. The van der Waals surface area contributed by atoms with Crippen LogP contribution >= 0.6 is 0 Å². The van der Waals surface area contributed by atoms with Crippen molar-refractivity contribution in [2.24, 2.45) is 0 Å². The van der Waals surface area contributed by atoms with E-state index in [1.165, 1.54) is 0 Å². The third kappa shape index (κ3) is 5.51. The molecular formula is C22H29NO3. The van der Waals surface area contributed by atoms with Gasteiger partial charge in [-0.2, -0.15) is 0 Å². The fourth-order valence-electron chi connectivity index (χ4n) is 2.62. The minimum Gasteiger partial charge on any atom is -0.491 e. The maximum Gasteiger partial charge on any atom is 0.260 e. The van der Waals surface area contributed by atoms with Crippen LogP contribution in [0.15, 0.2) is 48.5 Å². The number of carbonyl (C=O) groups excluding carboxylic acids is 1. The van der Waals surface area contributed by atoms with Crippen LogP contribution in [0.25, 0.3) is 0 Å². The van der Waals surface area contributed by atoms with Crippen LogP contribution in [-0.2, 0) is 10.2 Å². The second-order valence-corrected chi connectivity index (χ2v) is 7.41. The molecule has 0 saturated carbocycles. The molecule has 0 spiro atoms. The first-order valence-corrected chi connectivity index (χ1v) is 9.01. The van der Waals surface area contributed by atoms with Gasteiger partial charge in [-0.25, -0.2) is 0 Å². The van der Waals surface area contributed by atoms with E-state index in [2.05, 4.69) is 32.2 Å². The molecule has 26 heavy (non-hydrogen) atoms. The van der Waals surface area contributed by atoms with E-state index in [9.17, 15) is 4.79 Å². The van der Waals surface area contributed by atoms with E-state index in [1.807, 2.05) is 49.4 Å². The molecular weight excluding hydrogens is 326 g/mol. The minimum atomic E-state index is -0.557. The van der Waals surface area contributed by atoms with Crippen LogP contribution in [-0.4, -0.2) is 25.2 Å². The summed E-state index contributed by atoms with van der Waals surface area (Å²) in [6.07, 6.45) is -0.557. The molecule has 0 heterocycles. The van der Waals surface area contributed by atoms with E-state index in [0.29, 0.717) is 13.2 Å². The molecule has 4 nitrogen and oxygen atoms in total. The summed E-state index contributed by atoms with van der Waals surface area (Å²) in [7, 11) is 0. The lowest BCUT2D eigenvalue weighted by Crippen LogP contribution is -2.38. The number of aryl methyl sites for hydroxylation is 1. The smallest absolute Gasteiger partial charge is 0.260 e. The number of nitrogens with one attached hydrogen (secondary N) is 1. The molecule has 2 aromatic carbocycles. The molecule has 0 fully saturated rings. The second-order valence-electron chi connectivity index (χ2n) is 7.41. The molecule has 0 aliphatic carbocycles. The quantitative estimate of drug-likeness (QED) is 0.755. The van der Waals surface area contributed by atoms with Gasteiger partial charge < -0.3 is 14.8 Å². The van der Waals surface area contributed by atoms with Crippen molar-refractivity contribution in [1.82, 2.24) is 5.32 Å². The van der Waals surface area contributed by atoms with Crippen LogP contribution in [0.4, 0.5) is 0 Å². The average Bonchev–Trinajstić information content (AvgIpc) is 2.60. The predicted octanol–water partition coefficient (Wildman–Crippen LogP) is 4.26. The van der Waals surface area contributed by atoms with Crippen LogP contribution in [0, 0.1) is 6.92 Å². The van der Waals surface area contributed by atoms with Gasteiger partial charge in [-0.3, -0.25) is 4.79 Å². The standard InChI is InChI=1S/C22H29NO3/c1-16-10-6-8-12-19(16)26-17(2)21(24)23-14-15-25-20-13-9-7-11-18(20)22(3,4)5/h6-13,17H,14-15H2,1-5H3,(H,23,24)/t17-/m1/s1. The number of hydrogen-bond donors (Lipinski definition) is 1. The molecule has 0 aliphatic heterocycles. The highest BCUT2D eigenvalue weighted by Crippen LogP contribution is 2.30. The van der Waals surface area contributed by atoms with Gasteiger partial charge in [0.2, 0.25) is 0 Å². The van der Waals surface area contributed by atoms with E-state index in [-0.39, 0.29) is 11.3 Å². The molecule has 0 aromatic heterocycles. The molecule has 1 amide bonds. The molecule has 2 rings (SSSR count). The Morgan fingerprint density at radius 2 is 1.65 bits per heavy atom. The Labute approximate surface area is 156 Å². The van der Waals surface area contributed by atoms with Crippen molar-refractivity contribution in [2.45, 2.75) is 46.1 Å². The maximum absolute atomic E-state index is 12.2. The van der Waals surface area contributed by atoms with Crippen molar-refractivity contribution in [3.8, 4) is 11.5 Å². The number of benzene rings is 2. The number of hydrogen-bond acceptors (Lipinski definition) is 3. The zero-order valence-electron chi connectivity index (χ0n) is 16.3. The van der Waals surface area contributed by atoms with Crippen LogP contribution in [0.5, 0.6) is 11.5 Å². The zero-order chi connectivity index (χ0) is 19.2. The summed E-state index contributed by atoms with van der Waals surface area (Å²) in [5.41, 5.74) is 2.17. The average molecular weight is 355 g/mol. The van der Waals surface area contributed by atoms with Crippen molar-refractivity contribution < 1.29 is 14.3 Å². The summed E-state index contributed by atoms with van der Waals surface area (Å²) < 4.78 is 11.6. The van der Waals surface area contributed by atoms with Crippen molar-refractivity contribution >= 4 is 5.91 Å². The van der Waals surface area contributed by atoms with Gasteiger partial charge in [-0.1, -0.05) is 57.2 Å². The summed E-state index contributed by atoms with van der Waals surface area (Å²) in [5.74, 6) is 1.44. The molecule has 2 aromatic rings. The molecule has 140 valence electrons. The molecule has 0 aliphatic rings. The van der Waals surface area contributed by atoms with Gasteiger partial charge in [-0.15, -0.1) is 0 Å². The Kier molecular flexibility index (Phi) is 6.67. The first-order chi connectivity index (χ1) is 12.3. The number of para-hydroxylation sites is 2. The fourth-order valence-corrected chi connectivity index (χ4v) is 2.62. The van der Waals surface area contributed by atoms with E-state index < -0.39 is 6.10 Å². The van der Waals surface area contributed by atoms with Crippen molar-refractivity contribution in [3.63, 3.8) is 0 Å². The highest BCUT2D eigenvalue weighted by Gasteiger charge is 2.18. The van der Waals surface area contributed by atoms with E-state index >= 15 is 0 Å². The maximum atomic E-state index is 12.2. The van der Waals surface area contributed by atoms with E-state index in [4.69, 9.17) is 9.47 Å². The lowest BCUT2D eigenvalue weighted by molar-refractivity contribution is -0.127. The monoisotopic (exact) mass is 355 g/mol. The molecule has 0 radical (unpaired) electrons. The Morgan fingerprint density at radius 1 is 1.04 bits per heavy atom. The van der Waals surface area contributed by atoms with Gasteiger partial charge in [-0.05, 0) is 42.5 Å². The van der Waals surface area contributed by atoms with Gasteiger partial charge in [0.15, 0.2) is 6.10 Å². The second kappa shape index (κ2) is 8.75. The number of ether oxygens (including phenoxy) is 2. The zero-order valence-corrected chi connectivity index (χ0v) is 16.3. The van der Waals surface area contributed by atoms with Crippen LogP contribution in [0.3, 0.4) is 0 Å². The fraction of sp³-hybridized carbons (Fsp3) is 0.409. The third-order valence-corrected chi connectivity index (χ3v) is 4.12. The molecule has 0 saturated heterocycles. The van der Waals surface area contributed by atoms with E-state index in [0.717, 1.165) is 22.6 Å². The lowest BCUT2D eigenvalue weighted by Gasteiger charge is -2.22. The largest absolute Gasteiger partial charge is 0.491 e. The Bertz CT molecular complexity index is 734. The Balaban J connectivity index is 1.81. The molecule has 0 bridgehead atoms. The summed E-state index contributed by atoms with van der Waals surface area (Å²) in [6, 6.07) is 15.7. The van der Waals surface area contributed by atoms with Crippen LogP contribution < -0.4 is 14.8 Å². The number of rotatable bonds is 7. The van der Waals surface area contributed by atoms with Gasteiger partial charge in [0.1, 0.15) is 18.1 Å². The third-order valence-electron chi connectivity index (χ3n) is 4.12. The summed E-state index contributed by atoms with van der Waals surface area (Å²) >= 11 is 0. The van der Waals surface area contributed by atoms with Crippen LogP contribution in [0.1, 0.15) is 38.8 Å². The molecule has 0 unspecified atom stereocenters. The highest BCUT2D eigenvalue weighted by atomic mass is 16.5. The van der Waals surface area contributed by atoms with Crippen molar-refractivity contribution in [1.29, 1.82) is 0 Å². The predicted molar refractivity (Wildman–Crippen MR) is 105 cm³/mol. The topological polar surface area (TPSA) is 47.6 Å². The molecule has 1 atom stereocenters. The SMILES string of the molecule is Cc1ccccc1O[C@H](C)C(=O)NCCOc1ccccc1C(C)(C)C. The van der Waals surface area contributed by atoms with Gasteiger partial charge in [0.05, 0.1) is 6.54 Å². The van der Waals surface area contributed by atoms with E-state index in [1.54, 1.807) is 6.92 Å². The molecule has 4 heteroatoms. The molecule has 1 N–H and O–H groups in total. The van der Waals surface area contributed by atoms with Crippen LogP contribution in [0.2, 0.25) is 0 Å². The van der Waals surface area contributed by atoms with Crippen molar-refractivity contribution in [2.75, 3.05) is 13.2 Å². The first-order valence-electron chi connectivity index (χ1n) is 9.01. The Morgan fingerprint density at radius 3 is 2.31 bits per heavy atom. The minimum absolute atomic E-state index is 0.00966. The first kappa shape index (κ1) is 19.8. The van der Waals surface area contributed by atoms with Gasteiger partial charge in [0, 0.05) is 0 Å². The summed E-state index contributed by atoms with van der Waals surface area (Å²) in [6.45, 7) is 11.0. The summed E-state index contributed by atoms with van der Waals surface area (Å²) in [4.78, 5) is 12.2. The van der Waals surface area contributed by atoms with Crippen molar-refractivity contribution in [3.05, 3.63) is 59.7 Å². The normalized spacial score (nSPS) is 12.3. The van der Waals surface area contributed by atoms with Gasteiger partial charge in [0.25, 0.3) is 5.91 Å². The number of amides is 1. The number of carbonyl (C=O) groups is 1. The summed E-state index contributed by atoms with van der Waals surface area (Å²) in [5, 5.41) is 2.86. The Hall–Kier alpha value is -2.49. The van der Waals surface area contributed by atoms with Gasteiger partial charge >= 0.3 is 0 Å². The lowest BCUT2D eigenvalue weighted by atomic mass is 9.86.